The number of nitrogens with zero attached hydrogens (tertiary/aromatic N) is 2. The van der Waals surface area contributed by atoms with Gasteiger partial charge in [-0.2, -0.15) is 5.10 Å². The molecule has 1 N–H and O–H groups in total. The molecule has 0 bridgehead atoms. The van der Waals surface area contributed by atoms with Crippen LogP contribution in [0.15, 0.2) is 89.7 Å². The molecule has 3 aromatic carbocycles. The van der Waals surface area contributed by atoms with E-state index >= 15 is 0 Å². The zero-order valence-electron chi connectivity index (χ0n) is 19.3. The number of fused-ring (bicyclic) bond motifs is 2. The lowest BCUT2D eigenvalue weighted by Crippen LogP contribution is -2.27. The average molecular weight is 493 g/mol. The van der Waals surface area contributed by atoms with E-state index in [0.29, 0.717) is 11.1 Å². The van der Waals surface area contributed by atoms with Crippen LogP contribution in [0.4, 0.5) is 5.69 Å². The van der Waals surface area contributed by atoms with Crippen molar-refractivity contribution >= 4 is 29.1 Å². The van der Waals surface area contributed by atoms with E-state index in [2.05, 4.69) is 10.4 Å². The Morgan fingerprint density at radius 1 is 0.757 bits per heavy atom. The molecule has 0 unspecified atom stereocenters. The summed E-state index contributed by atoms with van der Waals surface area (Å²) < 4.78 is 6.19. The number of carbonyl (C=O) groups excluding carboxylic acids is 4. The molecule has 37 heavy (non-hydrogen) atoms. The highest BCUT2D eigenvalue weighted by Crippen LogP contribution is 2.29. The monoisotopic (exact) mass is 493 g/mol. The predicted molar refractivity (Wildman–Crippen MR) is 133 cm³/mol. The first-order valence-corrected chi connectivity index (χ1v) is 11.3. The minimum absolute atomic E-state index is 0.125. The summed E-state index contributed by atoms with van der Waals surface area (Å²) in [6, 6.07) is 22.5. The average Bonchev–Trinajstić information content (AvgIpc) is 2.92. The van der Waals surface area contributed by atoms with E-state index in [-0.39, 0.29) is 46.2 Å². The maximum Gasteiger partial charge on any atom is 0.359 e. The van der Waals surface area contributed by atoms with Crippen molar-refractivity contribution in [3.8, 4) is 0 Å². The van der Waals surface area contributed by atoms with Gasteiger partial charge in [0.15, 0.2) is 23.9 Å². The Morgan fingerprint density at radius 3 is 2.14 bits per heavy atom. The fourth-order valence-corrected chi connectivity index (χ4v) is 4.01. The molecule has 0 radical (unpaired) electrons. The number of esters is 1. The summed E-state index contributed by atoms with van der Waals surface area (Å²) in [7, 11) is 0. The third kappa shape index (κ3) is 4.83. The normalized spacial score (nSPS) is 11.9. The van der Waals surface area contributed by atoms with Crippen molar-refractivity contribution in [2.45, 2.75) is 6.54 Å². The summed E-state index contributed by atoms with van der Waals surface area (Å²) >= 11 is 0. The molecule has 0 spiro atoms. The van der Waals surface area contributed by atoms with Crippen LogP contribution in [-0.4, -0.2) is 39.8 Å². The molecule has 1 aliphatic rings. The Kier molecular flexibility index (Phi) is 6.25. The second kappa shape index (κ2) is 9.82. The Morgan fingerprint density at radius 2 is 1.41 bits per heavy atom. The second-order valence-corrected chi connectivity index (χ2v) is 8.29. The smallest absolute Gasteiger partial charge is 0.359 e. The molecule has 1 aliphatic carbocycles. The van der Waals surface area contributed by atoms with Crippen molar-refractivity contribution in [2.75, 3.05) is 11.9 Å². The molecule has 0 fully saturated rings. The highest BCUT2D eigenvalue weighted by atomic mass is 16.5. The van der Waals surface area contributed by atoms with Gasteiger partial charge in [-0.05, 0) is 29.8 Å². The molecule has 0 saturated heterocycles. The maximum absolute atomic E-state index is 12.9. The molecule has 0 saturated carbocycles. The predicted octanol–water partition coefficient (Wildman–Crippen LogP) is 2.86. The second-order valence-electron chi connectivity index (χ2n) is 8.29. The fraction of sp³-hybridized carbons (Fsp3) is 0.0714. The molecule has 0 aliphatic heterocycles. The van der Waals surface area contributed by atoms with Crippen LogP contribution in [0, 0.1) is 0 Å². The minimum atomic E-state index is -0.875. The van der Waals surface area contributed by atoms with Crippen LogP contribution in [-0.2, 0) is 16.1 Å². The number of nitrogens with one attached hydrogen (secondary N) is 1. The van der Waals surface area contributed by atoms with Gasteiger partial charge in [0.05, 0.1) is 6.54 Å². The van der Waals surface area contributed by atoms with Crippen molar-refractivity contribution in [1.82, 2.24) is 9.78 Å². The van der Waals surface area contributed by atoms with E-state index < -0.39 is 18.5 Å². The lowest BCUT2D eigenvalue weighted by Gasteiger charge is -2.18. The first-order chi connectivity index (χ1) is 17.9. The Hall–Kier alpha value is -5.18. The van der Waals surface area contributed by atoms with Crippen LogP contribution in [0.5, 0.6) is 0 Å². The fourth-order valence-electron chi connectivity index (χ4n) is 4.01. The first-order valence-electron chi connectivity index (χ1n) is 11.3. The van der Waals surface area contributed by atoms with Crippen molar-refractivity contribution in [1.29, 1.82) is 0 Å². The van der Waals surface area contributed by atoms with Gasteiger partial charge in [0.1, 0.15) is 0 Å². The van der Waals surface area contributed by atoms with Crippen LogP contribution >= 0.6 is 0 Å². The molecule has 5 rings (SSSR count). The van der Waals surface area contributed by atoms with Crippen LogP contribution in [0.25, 0.3) is 0 Å². The number of carbonyl (C=O) groups is 4. The van der Waals surface area contributed by atoms with E-state index in [1.165, 1.54) is 30.3 Å². The minimum Gasteiger partial charge on any atom is -0.451 e. The molecule has 182 valence electrons. The number of ketones is 2. The highest BCUT2D eigenvalue weighted by Gasteiger charge is 2.29. The summed E-state index contributed by atoms with van der Waals surface area (Å²) in [6.07, 6.45) is 0. The first kappa shape index (κ1) is 23.6. The lowest BCUT2D eigenvalue weighted by atomic mass is 9.84. The van der Waals surface area contributed by atoms with Gasteiger partial charge in [-0.25, -0.2) is 9.48 Å². The van der Waals surface area contributed by atoms with Crippen molar-refractivity contribution < 1.29 is 23.9 Å². The number of rotatable bonds is 6. The number of hydrogen-bond acceptors (Lipinski definition) is 7. The molecular formula is C28H19N3O6. The summed E-state index contributed by atoms with van der Waals surface area (Å²) in [5.41, 5.74) is 1.67. The molecule has 1 amide bonds. The van der Waals surface area contributed by atoms with Gasteiger partial charge in [0, 0.05) is 34.0 Å². The molecule has 1 heterocycles. The third-order valence-corrected chi connectivity index (χ3v) is 5.79. The van der Waals surface area contributed by atoms with Crippen molar-refractivity contribution in [3.63, 3.8) is 0 Å². The van der Waals surface area contributed by atoms with E-state index in [1.807, 2.05) is 30.3 Å². The van der Waals surface area contributed by atoms with Gasteiger partial charge in [-0.1, -0.05) is 54.6 Å². The number of benzene rings is 3. The van der Waals surface area contributed by atoms with Crippen LogP contribution in [0.3, 0.4) is 0 Å². The van der Waals surface area contributed by atoms with Crippen LogP contribution in [0.1, 0.15) is 47.9 Å². The van der Waals surface area contributed by atoms with Gasteiger partial charge in [-0.3, -0.25) is 19.2 Å². The summed E-state index contributed by atoms with van der Waals surface area (Å²) in [5, 5.41) is 6.60. The molecule has 4 aromatic rings. The number of aromatic nitrogens is 2. The molecule has 0 atom stereocenters. The SMILES string of the molecule is O=C(COC(=O)c1ccc(=O)n(Cc2ccccc2)n1)Nc1ccc2c(c1)C(=O)c1ccccc1C2=O. The van der Waals surface area contributed by atoms with Gasteiger partial charge in [-0.15, -0.1) is 0 Å². The third-order valence-electron chi connectivity index (χ3n) is 5.79. The van der Waals surface area contributed by atoms with Crippen molar-refractivity contribution in [2.24, 2.45) is 0 Å². The highest BCUT2D eigenvalue weighted by molar-refractivity contribution is 6.28. The van der Waals surface area contributed by atoms with E-state index in [4.69, 9.17) is 4.74 Å². The molecule has 1 aromatic heterocycles. The van der Waals surface area contributed by atoms with E-state index in [1.54, 1.807) is 24.3 Å². The number of amides is 1. The van der Waals surface area contributed by atoms with Gasteiger partial charge in [0.2, 0.25) is 0 Å². The zero-order valence-corrected chi connectivity index (χ0v) is 19.3. The van der Waals surface area contributed by atoms with E-state index in [9.17, 15) is 24.0 Å². The Bertz CT molecular complexity index is 1620. The summed E-state index contributed by atoms with van der Waals surface area (Å²) in [6.45, 7) is -0.448. The molecule has 9 nitrogen and oxygen atoms in total. The quantitative estimate of drug-likeness (QED) is 0.361. The number of ether oxygens (including phenoxy) is 1. The van der Waals surface area contributed by atoms with E-state index in [0.717, 1.165) is 10.2 Å². The zero-order chi connectivity index (χ0) is 25.9. The van der Waals surface area contributed by atoms with Crippen molar-refractivity contribution in [3.05, 3.63) is 129 Å². The van der Waals surface area contributed by atoms with Crippen LogP contribution in [0.2, 0.25) is 0 Å². The summed E-state index contributed by atoms with van der Waals surface area (Å²) in [4.78, 5) is 62.6. The lowest BCUT2D eigenvalue weighted by molar-refractivity contribution is -0.119. The molecule has 9 heteroatoms. The Labute approximate surface area is 210 Å². The number of anilines is 1. The summed E-state index contributed by atoms with van der Waals surface area (Å²) in [5.74, 6) is -2.11. The standard InChI is InChI=1S/C28H19N3O6/c32-24(16-37-28(36)23-12-13-25(33)31(30-23)15-17-6-2-1-3-7-17)29-18-10-11-21-22(14-18)27(35)20-9-5-4-8-19(20)26(21)34/h1-14H,15-16H2,(H,29,32). The van der Waals surface area contributed by atoms with Crippen LogP contribution < -0.4 is 10.9 Å². The maximum atomic E-state index is 12.9. The largest absolute Gasteiger partial charge is 0.451 e. The Balaban J connectivity index is 1.24. The number of hydrogen-bond donors (Lipinski definition) is 1. The molecular weight excluding hydrogens is 474 g/mol. The van der Waals surface area contributed by atoms with Gasteiger partial charge in [0.25, 0.3) is 11.5 Å². The van der Waals surface area contributed by atoms with Gasteiger partial charge >= 0.3 is 5.97 Å². The van der Waals surface area contributed by atoms with Gasteiger partial charge < -0.3 is 10.1 Å². The topological polar surface area (TPSA) is 124 Å².